The van der Waals surface area contributed by atoms with Crippen molar-refractivity contribution in [3.63, 3.8) is 0 Å². The van der Waals surface area contributed by atoms with Crippen LogP contribution in [-0.2, 0) is 17.6 Å². The maximum absolute atomic E-state index is 12.2. The van der Waals surface area contributed by atoms with Crippen LogP contribution in [0.3, 0.4) is 0 Å². The van der Waals surface area contributed by atoms with Crippen molar-refractivity contribution in [2.75, 3.05) is 0 Å². The molecule has 5 heteroatoms. The third-order valence-electron chi connectivity index (χ3n) is 4.01. The summed E-state index contributed by atoms with van der Waals surface area (Å²) >= 11 is 0. The minimum absolute atomic E-state index is 0.0269. The van der Waals surface area contributed by atoms with Gasteiger partial charge in [-0.05, 0) is 36.0 Å². The van der Waals surface area contributed by atoms with Crippen molar-refractivity contribution in [1.29, 1.82) is 0 Å². The van der Waals surface area contributed by atoms with Crippen molar-refractivity contribution in [3.05, 3.63) is 75.3 Å². The molecule has 0 aliphatic rings. The Bertz CT molecular complexity index is 722. The van der Waals surface area contributed by atoms with E-state index in [2.05, 4.69) is 43.4 Å². The van der Waals surface area contributed by atoms with Crippen molar-refractivity contribution >= 4 is 11.6 Å². The van der Waals surface area contributed by atoms with Gasteiger partial charge >= 0.3 is 0 Å². The van der Waals surface area contributed by atoms with Crippen molar-refractivity contribution in [2.24, 2.45) is 5.92 Å². The Hall–Kier alpha value is -2.69. The normalized spacial score (nSPS) is 12.0. The van der Waals surface area contributed by atoms with E-state index in [0.717, 1.165) is 17.5 Å². The number of nitrogens with one attached hydrogen (secondary N) is 1. The number of rotatable bonds is 7. The van der Waals surface area contributed by atoms with E-state index in [0.29, 0.717) is 5.92 Å². The monoisotopic (exact) mass is 340 g/mol. The van der Waals surface area contributed by atoms with Crippen LogP contribution >= 0.6 is 0 Å². The minimum Gasteiger partial charge on any atom is -0.349 e. The van der Waals surface area contributed by atoms with E-state index in [1.807, 2.05) is 6.92 Å². The molecule has 0 bridgehead atoms. The predicted molar refractivity (Wildman–Crippen MR) is 98.3 cm³/mol. The maximum atomic E-state index is 12.2. The number of benzene rings is 2. The highest BCUT2D eigenvalue weighted by molar-refractivity contribution is 5.79. The number of hydrogen-bond acceptors (Lipinski definition) is 3. The van der Waals surface area contributed by atoms with Gasteiger partial charge in [0.2, 0.25) is 5.91 Å². The molecule has 0 fully saturated rings. The zero-order valence-electron chi connectivity index (χ0n) is 14.9. The van der Waals surface area contributed by atoms with Crippen molar-refractivity contribution in [1.82, 2.24) is 5.32 Å². The SMILES string of the molecule is CC(C)Cc1ccc([C@H](C)NC(=O)Cc2ccc([N+](=O)[O-])cc2)cc1. The topological polar surface area (TPSA) is 72.2 Å². The first kappa shape index (κ1) is 18.6. The van der Waals surface area contributed by atoms with Gasteiger partial charge in [-0.2, -0.15) is 0 Å². The first-order chi connectivity index (χ1) is 11.8. The number of carbonyl (C=O) groups excluding carboxylic acids is 1. The second-order valence-corrected chi connectivity index (χ2v) is 6.73. The molecule has 0 aromatic heterocycles. The Kier molecular flexibility index (Phi) is 6.28. The van der Waals surface area contributed by atoms with Crippen LogP contribution in [0.15, 0.2) is 48.5 Å². The Morgan fingerprint density at radius 1 is 1.00 bits per heavy atom. The Morgan fingerprint density at radius 3 is 2.08 bits per heavy atom. The van der Waals surface area contributed by atoms with Crippen LogP contribution in [0.1, 0.15) is 43.5 Å². The van der Waals surface area contributed by atoms with Gasteiger partial charge in [0, 0.05) is 12.1 Å². The molecule has 0 saturated heterocycles. The molecule has 1 atom stereocenters. The summed E-state index contributed by atoms with van der Waals surface area (Å²) in [4.78, 5) is 22.4. The van der Waals surface area contributed by atoms with Gasteiger partial charge in [-0.3, -0.25) is 14.9 Å². The fraction of sp³-hybridized carbons (Fsp3) is 0.350. The standard InChI is InChI=1S/C20H24N2O3/c1-14(2)12-16-4-8-18(9-5-16)15(3)21-20(23)13-17-6-10-19(11-7-17)22(24)25/h4-11,14-15H,12-13H2,1-3H3,(H,21,23)/t15-/m0/s1. The van der Waals surface area contributed by atoms with Gasteiger partial charge in [0.1, 0.15) is 0 Å². The van der Waals surface area contributed by atoms with Gasteiger partial charge in [0.05, 0.1) is 17.4 Å². The molecule has 2 aromatic carbocycles. The molecule has 0 saturated carbocycles. The van der Waals surface area contributed by atoms with Crippen LogP contribution in [-0.4, -0.2) is 10.8 Å². The first-order valence-electron chi connectivity index (χ1n) is 8.46. The molecule has 25 heavy (non-hydrogen) atoms. The summed E-state index contributed by atoms with van der Waals surface area (Å²) in [5.74, 6) is 0.511. The molecule has 1 amide bonds. The fourth-order valence-corrected chi connectivity index (χ4v) is 2.71. The lowest BCUT2D eigenvalue weighted by Gasteiger charge is -2.15. The molecule has 0 aliphatic carbocycles. The van der Waals surface area contributed by atoms with E-state index >= 15 is 0 Å². The lowest BCUT2D eigenvalue weighted by molar-refractivity contribution is -0.384. The zero-order valence-corrected chi connectivity index (χ0v) is 14.9. The van der Waals surface area contributed by atoms with Gasteiger partial charge in [-0.1, -0.05) is 50.2 Å². The summed E-state index contributed by atoms with van der Waals surface area (Å²) in [6.45, 7) is 6.33. The Labute approximate surface area is 148 Å². The quantitative estimate of drug-likeness (QED) is 0.606. The summed E-state index contributed by atoms with van der Waals surface area (Å²) in [5.41, 5.74) is 3.13. The lowest BCUT2D eigenvalue weighted by atomic mass is 10.00. The van der Waals surface area contributed by atoms with Gasteiger partial charge in [-0.25, -0.2) is 0 Å². The number of nitrogens with zero attached hydrogens (tertiary/aromatic N) is 1. The largest absolute Gasteiger partial charge is 0.349 e. The highest BCUT2D eigenvalue weighted by atomic mass is 16.6. The van der Waals surface area contributed by atoms with Crippen molar-refractivity contribution < 1.29 is 9.72 Å². The fourth-order valence-electron chi connectivity index (χ4n) is 2.71. The van der Waals surface area contributed by atoms with E-state index < -0.39 is 4.92 Å². The highest BCUT2D eigenvalue weighted by Gasteiger charge is 2.11. The lowest BCUT2D eigenvalue weighted by Crippen LogP contribution is -2.28. The van der Waals surface area contributed by atoms with E-state index in [9.17, 15) is 14.9 Å². The summed E-state index contributed by atoms with van der Waals surface area (Å²) in [6, 6.07) is 14.3. The zero-order chi connectivity index (χ0) is 18.4. The van der Waals surface area contributed by atoms with Crippen LogP contribution in [0.4, 0.5) is 5.69 Å². The van der Waals surface area contributed by atoms with Crippen LogP contribution in [0.5, 0.6) is 0 Å². The molecule has 132 valence electrons. The molecule has 5 nitrogen and oxygen atoms in total. The van der Waals surface area contributed by atoms with Crippen molar-refractivity contribution in [2.45, 2.75) is 39.7 Å². The smallest absolute Gasteiger partial charge is 0.269 e. The number of hydrogen-bond donors (Lipinski definition) is 1. The second kappa shape index (κ2) is 8.42. The number of non-ortho nitro benzene ring substituents is 1. The molecule has 2 rings (SSSR count). The highest BCUT2D eigenvalue weighted by Crippen LogP contribution is 2.16. The van der Waals surface area contributed by atoms with Crippen LogP contribution < -0.4 is 5.32 Å². The second-order valence-electron chi connectivity index (χ2n) is 6.73. The van der Waals surface area contributed by atoms with E-state index in [-0.39, 0.29) is 24.1 Å². The van der Waals surface area contributed by atoms with Crippen LogP contribution in [0.25, 0.3) is 0 Å². The minimum atomic E-state index is -0.450. The third kappa shape index (κ3) is 5.71. The van der Waals surface area contributed by atoms with Crippen LogP contribution in [0.2, 0.25) is 0 Å². The number of nitro groups is 1. The molecule has 1 N–H and O–H groups in total. The molecular formula is C20H24N2O3. The molecule has 0 spiro atoms. The van der Waals surface area contributed by atoms with Gasteiger partial charge in [0.15, 0.2) is 0 Å². The van der Waals surface area contributed by atoms with E-state index in [1.165, 1.54) is 17.7 Å². The summed E-state index contributed by atoms with van der Waals surface area (Å²) in [7, 11) is 0. The number of carbonyl (C=O) groups is 1. The number of nitro benzene ring substituents is 1. The molecule has 0 radical (unpaired) electrons. The average Bonchev–Trinajstić information content (AvgIpc) is 2.55. The van der Waals surface area contributed by atoms with Crippen LogP contribution in [0, 0.1) is 16.0 Å². The molecule has 0 unspecified atom stereocenters. The molecule has 2 aromatic rings. The van der Waals surface area contributed by atoms with Gasteiger partial charge in [0.25, 0.3) is 5.69 Å². The van der Waals surface area contributed by atoms with E-state index in [4.69, 9.17) is 0 Å². The summed E-state index contributed by atoms with van der Waals surface area (Å²) in [5, 5.41) is 13.6. The molecular weight excluding hydrogens is 316 g/mol. The predicted octanol–water partition coefficient (Wildman–Crippen LogP) is 4.21. The first-order valence-corrected chi connectivity index (χ1v) is 8.46. The number of amides is 1. The van der Waals surface area contributed by atoms with Gasteiger partial charge < -0.3 is 5.32 Å². The molecule has 0 heterocycles. The summed E-state index contributed by atoms with van der Waals surface area (Å²) < 4.78 is 0. The summed E-state index contributed by atoms with van der Waals surface area (Å²) in [6.07, 6.45) is 1.24. The molecule has 0 aliphatic heterocycles. The Balaban J connectivity index is 1.91. The third-order valence-corrected chi connectivity index (χ3v) is 4.01. The van der Waals surface area contributed by atoms with Crippen molar-refractivity contribution in [3.8, 4) is 0 Å². The van der Waals surface area contributed by atoms with Gasteiger partial charge in [-0.15, -0.1) is 0 Å². The maximum Gasteiger partial charge on any atom is 0.269 e. The average molecular weight is 340 g/mol. The Morgan fingerprint density at radius 2 is 1.56 bits per heavy atom. The van der Waals surface area contributed by atoms with E-state index in [1.54, 1.807) is 12.1 Å².